The van der Waals surface area contributed by atoms with E-state index in [1.165, 1.54) is 0 Å². The van der Waals surface area contributed by atoms with Gasteiger partial charge in [-0.15, -0.1) is 0 Å². The second-order valence-electron chi connectivity index (χ2n) is 5.34. The number of aliphatic hydroxyl groups is 1. The molecule has 0 aliphatic rings. The van der Waals surface area contributed by atoms with Crippen LogP contribution in [0.5, 0.6) is 0 Å². The molecule has 4 heteroatoms. The van der Waals surface area contributed by atoms with Gasteiger partial charge in [0.15, 0.2) is 0 Å². The van der Waals surface area contributed by atoms with Crippen LogP contribution in [0.3, 0.4) is 0 Å². The summed E-state index contributed by atoms with van der Waals surface area (Å²) in [5.41, 5.74) is 1.10. The van der Waals surface area contributed by atoms with Crippen molar-refractivity contribution in [1.82, 2.24) is 10.2 Å². The van der Waals surface area contributed by atoms with E-state index in [0.717, 1.165) is 12.1 Å². The molecule has 0 aromatic heterocycles. The zero-order chi connectivity index (χ0) is 15.0. The van der Waals surface area contributed by atoms with E-state index in [1.807, 2.05) is 37.3 Å². The summed E-state index contributed by atoms with van der Waals surface area (Å²) in [5.74, 6) is 0.0213. The standard InChI is InChI=1S/C16H26N2O2/c1-13(2)18(10-7-11-19)12-16(20)17-14(3)15-8-5-4-6-9-15/h4-6,8-9,13-14,19H,7,10-12H2,1-3H3,(H,17,20). The van der Waals surface area contributed by atoms with Crippen LogP contribution in [0.2, 0.25) is 0 Å². The lowest BCUT2D eigenvalue weighted by molar-refractivity contribution is -0.123. The Bertz CT molecular complexity index is 393. The van der Waals surface area contributed by atoms with E-state index in [9.17, 15) is 4.79 Å². The van der Waals surface area contributed by atoms with Gasteiger partial charge in [-0.2, -0.15) is 0 Å². The van der Waals surface area contributed by atoms with E-state index in [2.05, 4.69) is 24.1 Å². The molecule has 0 radical (unpaired) electrons. The van der Waals surface area contributed by atoms with Crippen molar-refractivity contribution in [3.05, 3.63) is 35.9 Å². The maximum atomic E-state index is 12.1. The van der Waals surface area contributed by atoms with Gasteiger partial charge in [0.25, 0.3) is 0 Å². The molecule has 2 N–H and O–H groups in total. The molecule has 4 nitrogen and oxygen atoms in total. The molecule has 1 amide bonds. The monoisotopic (exact) mass is 278 g/mol. The number of hydrogen-bond donors (Lipinski definition) is 2. The summed E-state index contributed by atoms with van der Waals surface area (Å²) in [7, 11) is 0. The zero-order valence-corrected chi connectivity index (χ0v) is 12.7. The van der Waals surface area contributed by atoms with E-state index in [4.69, 9.17) is 5.11 Å². The molecule has 0 aliphatic carbocycles. The van der Waals surface area contributed by atoms with Crippen molar-refractivity contribution in [3.63, 3.8) is 0 Å². The third-order valence-electron chi connectivity index (χ3n) is 3.36. The Morgan fingerprint density at radius 1 is 1.25 bits per heavy atom. The van der Waals surface area contributed by atoms with Crippen LogP contribution in [0.1, 0.15) is 38.8 Å². The number of aliphatic hydroxyl groups excluding tert-OH is 1. The SMILES string of the molecule is CC(NC(=O)CN(CCCO)C(C)C)c1ccccc1. The summed E-state index contributed by atoms with van der Waals surface area (Å²) in [6.45, 7) is 7.37. The summed E-state index contributed by atoms with van der Waals surface area (Å²) < 4.78 is 0. The maximum Gasteiger partial charge on any atom is 0.234 e. The fourth-order valence-corrected chi connectivity index (χ4v) is 2.09. The Balaban J connectivity index is 2.49. The highest BCUT2D eigenvalue weighted by molar-refractivity contribution is 5.78. The molecule has 0 saturated carbocycles. The highest BCUT2D eigenvalue weighted by Gasteiger charge is 2.15. The van der Waals surface area contributed by atoms with Gasteiger partial charge in [0.1, 0.15) is 0 Å². The molecule has 1 unspecified atom stereocenters. The van der Waals surface area contributed by atoms with Gasteiger partial charge in [-0.1, -0.05) is 30.3 Å². The molecular formula is C16H26N2O2. The molecule has 0 spiro atoms. The number of hydrogen-bond acceptors (Lipinski definition) is 3. The van der Waals surface area contributed by atoms with Crippen LogP contribution < -0.4 is 5.32 Å². The summed E-state index contributed by atoms with van der Waals surface area (Å²) in [5, 5.41) is 11.9. The van der Waals surface area contributed by atoms with Crippen molar-refractivity contribution in [2.45, 2.75) is 39.3 Å². The predicted molar refractivity (Wildman–Crippen MR) is 81.4 cm³/mol. The smallest absolute Gasteiger partial charge is 0.234 e. The van der Waals surface area contributed by atoms with Crippen molar-refractivity contribution in [2.75, 3.05) is 19.7 Å². The Kier molecular flexibility index (Phi) is 7.26. The molecule has 1 atom stereocenters. The first kappa shape index (κ1) is 16.7. The van der Waals surface area contributed by atoms with Crippen molar-refractivity contribution >= 4 is 5.91 Å². The number of rotatable bonds is 8. The second kappa shape index (κ2) is 8.72. The third kappa shape index (κ3) is 5.72. The van der Waals surface area contributed by atoms with Crippen molar-refractivity contribution in [1.29, 1.82) is 0 Å². The lowest BCUT2D eigenvalue weighted by Gasteiger charge is -2.26. The average Bonchev–Trinajstić information content (AvgIpc) is 2.44. The van der Waals surface area contributed by atoms with E-state index < -0.39 is 0 Å². The average molecular weight is 278 g/mol. The van der Waals surface area contributed by atoms with Crippen molar-refractivity contribution < 1.29 is 9.90 Å². The van der Waals surface area contributed by atoms with Gasteiger partial charge in [-0.05, 0) is 32.8 Å². The Hall–Kier alpha value is -1.39. The Labute approximate surface area is 121 Å². The fraction of sp³-hybridized carbons (Fsp3) is 0.562. The fourth-order valence-electron chi connectivity index (χ4n) is 2.09. The molecular weight excluding hydrogens is 252 g/mol. The topological polar surface area (TPSA) is 52.6 Å². The molecule has 20 heavy (non-hydrogen) atoms. The lowest BCUT2D eigenvalue weighted by Crippen LogP contribution is -2.42. The maximum absolute atomic E-state index is 12.1. The summed E-state index contributed by atoms with van der Waals surface area (Å²) in [6, 6.07) is 10.2. The normalized spacial score (nSPS) is 12.7. The number of carbonyl (C=O) groups excluding carboxylic acids is 1. The van der Waals surface area contributed by atoms with Crippen molar-refractivity contribution in [3.8, 4) is 0 Å². The van der Waals surface area contributed by atoms with Gasteiger partial charge in [0, 0.05) is 19.2 Å². The first-order chi connectivity index (χ1) is 9.54. The van der Waals surface area contributed by atoms with Gasteiger partial charge in [0.05, 0.1) is 12.6 Å². The number of nitrogens with zero attached hydrogens (tertiary/aromatic N) is 1. The van der Waals surface area contributed by atoms with Gasteiger partial charge >= 0.3 is 0 Å². The van der Waals surface area contributed by atoms with Crippen LogP contribution in [0.25, 0.3) is 0 Å². The predicted octanol–water partition coefficient (Wildman–Crippen LogP) is 1.96. The zero-order valence-electron chi connectivity index (χ0n) is 12.7. The number of nitrogens with one attached hydrogen (secondary N) is 1. The van der Waals surface area contributed by atoms with Crippen LogP contribution in [0, 0.1) is 0 Å². The molecule has 0 aliphatic heterocycles. The molecule has 1 aromatic rings. The van der Waals surface area contributed by atoms with Crippen LogP contribution in [-0.4, -0.2) is 41.7 Å². The number of benzene rings is 1. The summed E-state index contributed by atoms with van der Waals surface area (Å²) in [4.78, 5) is 14.2. The van der Waals surface area contributed by atoms with Crippen LogP contribution in [0.4, 0.5) is 0 Å². The summed E-state index contributed by atoms with van der Waals surface area (Å²) >= 11 is 0. The van der Waals surface area contributed by atoms with Crippen LogP contribution in [0.15, 0.2) is 30.3 Å². The van der Waals surface area contributed by atoms with Gasteiger partial charge in [0.2, 0.25) is 5.91 Å². The van der Waals surface area contributed by atoms with Gasteiger partial charge in [-0.3, -0.25) is 9.69 Å². The second-order valence-corrected chi connectivity index (χ2v) is 5.34. The lowest BCUT2D eigenvalue weighted by atomic mass is 10.1. The first-order valence-electron chi connectivity index (χ1n) is 7.23. The minimum absolute atomic E-state index is 0.00977. The molecule has 1 rings (SSSR count). The van der Waals surface area contributed by atoms with Crippen LogP contribution >= 0.6 is 0 Å². The molecule has 0 fully saturated rings. The van der Waals surface area contributed by atoms with E-state index in [1.54, 1.807) is 0 Å². The van der Waals surface area contributed by atoms with E-state index in [-0.39, 0.29) is 18.6 Å². The first-order valence-corrected chi connectivity index (χ1v) is 7.23. The largest absolute Gasteiger partial charge is 0.396 e. The Morgan fingerprint density at radius 2 is 1.90 bits per heavy atom. The highest BCUT2D eigenvalue weighted by atomic mass is 16.3. The number of amides is 1. The Morgan fingerprint density at radius 3 is 2.45 bits per heavy atom. The third-order valence-corrected chi connectivity index (χ3v) is 3.36. The molecule has 0 saturated heterocycles. The van der Waals surface area contributed by atoms with E-state index in [0.29, 0.717) is 19.0 Å². The molecule has 0 heterocycles. The van der Waals surface area contributed by atoms with E-state index >= 15 is 0 Å². The van der Waals surface area contributed by atoms with Crippen molar-refractivity contribution in [2.24, 2.45) is 0 Å². The minimum atomic E-state index is 0.00977. The number of carbonyl (C=O) groups is 1. The van der Waals surface area contributed by atoms with Crippen LogP contribution in [-0.2, 0) is 4.79 Å². The molecule has 0 bridgehead atoms. The quantitative estimate of drug-likeness (QED) is 0.764. The minimum Gasteiger partial charge on any atom is -0.396 e. The summed E-state index contributed by atoms with van der Waals surface area (Å²) in [6.07, 6.45) is 0.694. The highest BCUT2D eigenvalue weighted by Crippen LogP contribution is 2.11. The molecule has 112 valence electrons. The van der Waals surface area contributed by atoms with Gasteiger partial charge in [-0.25, -0.2) is 0 Å². The molecule has 1 aromatic carbocycles. The van der Waals surface area contributed by atoms with Gasteiger partial charge < -0.3 is 10.4 Å².